The van der Waals surface area contributed by atoms with Gasteiger partial charge in [-0.1, -0.05) is 24.6 Å². The molecule has 4 bridgehead atoms. The first-order valence-electron chi connectivity index (χ1n) is 5.75. The van der Waals surface area contributed by atoms with E-state index in [1.165, 1.54) is 5.57 Å². The highest BCUT2D eigenvalue weighted by Crippen LogP contribution is 2.57. The summed E-state index contributed by atoms with van der Waals surface area (Å²) in [6, 6.07) is 0. The van der Waals surface area contributed by atoms with Crippen molar-refractivity contribution in [3.05, 3.63) is 24.3 Å². The summed E-state index contributed by atoms with van der Waals surface area (Å²) in [5.41, 5.74) is 0.563. The predicted octanol–water partition coefficient (Wildman–Crippen LogP) is 1.76. The van der Waals surface area contributed by atoms with Crippen molar-refractivity contribution in [1.82, 2.24) is 0 Å². The number of ether oxygens (including phenoxy) is 1. The summed E-state index contributed by atoms with van der Waals surface area (Å²) in [4.78, 5) is 0. The van der Waals surface area contributed by atoms with E-state index in [2.05, 4.69) is 26.5 Å². The maximum Gasteiger partial charge on any atom is 0.116 e. The van der Waals surface area contributed by atoms with Crippen LogP contribution in [0.5, 0.6) is 0 Å². The first kappa shape index (κ1) is 9.61. The lowest BCUT2D eigenvalue weighted by Crippen LogP contribution is -2.59. The quantitative estimate of drug-likeness (QED) is 0.662. The lowest BCUT2D eigenvalue weighted by Gasteiger charge is -2.52. The van der Waals surface area contributed by atoms with Gasteiger partial charge in [-0.2, -0.15) is 0 Å². The Morgan fingerprint density at radius 3 is 3.07 bits per heavy atom. The molecule has 2 fully saturated rings. The molecular formula is C13H18O2. The zero-order valence-corrected chi connectivity index (χ0v) is 9.31. The summed E-state index contributed by atoms with van der Waals surface area (Å²) in [6.07, 6.45) is 3.88. The van der Waals surface area contributed by atoms with Gasteiger partial charge in [0.15, 0.2) is 0 Å². The molecular weight excluding hydrogens is 188 g/mol. The third-order valence-corrected chi connectivity index (χ3v) is 4.78. The minimum Gasteiger partial charge on any atom is -0.382 e. The lowest BCUT2D eigenvalue weighted by atomic mass is 9.54. The summed E-state index contributed by atoms with van der Waals surface area (Å²) in [6.45, 7) is 8.99. The van der Waals surface area contributed by atoms with E-state index in [1.807, 2.05) is 0 Å². The summed E-state index contributed by atoms with van der Waals surface area (Å²) in [7, 11) is 0. The van der Waals surface area contributed by atoms with Crippen molar-refractivity contribution < 1.29 is 9.84 Å². The molecule has 4 aliphatic rings. The molecule has 2 nitrogen and oxygen atoms in total. The van der Waals surface area contributed by atoms with Crippen LogP contribution >= 0.6 is 0 Å². The van der Waals surface area contributed by atoms with Crippen LogP contribution < -0.4 is 0 Å². The molecule has 4 rings (SSSR count). The van der Waals surface area contributed by atoms with Gasteiger partial charge in [0.1, 0.15) is 5.60 Å². The standard InChI is InChI=1S/C13H18O2/c1-4-13(14)10-5-7(2)11-9(8(10)3)6-15-12(11)13/h4-5,8-12,14H,1,6H2,2-3H3/t8-,9-,10-,11+,12-,13+/m1/s1. The van der Waals surface area contributed by atoms with Gasteiger partial charge < -0.3 is 9.84 Å². The highest BCUT2D eigenvalue weighted by Gasteiger charge is 2.62. The van der Waals surface area contributed by atoms with Gasteiger partial charge in [-0.15, -0.1) is 6.58 Å². The van der Waals surface area contributed by atoms with Gasteiger partial charge in [-0.25, -0.2) is 0 Å². The van der Waals surface area contributed by atoms with Gasteiger partial charge in [0.05, 0.1) is 12.7 Å². The lowest BCUT2D eigenvalue weighted by molar-refractivity contribution is -0.114. The largest absolute Gasteiger partial charge is 0.382 e. The second-order valence-electron chi connectivity index (χ2n) is 5.33. The van der Waals surface area contributed by atoms with Crippen LogP contribution in [0.1, 0.15) is 13.8 Å². The van der Waals surface area contributed by atoms with E-state index in [0.717, 1.165) is 6.61 Å². The fourth-order valence-electron chi connectivity index (χ4n) is 3.93. The van der Waals surface area contributed by atoms with Crippen LogP contribution in [-0.4, -0.2) is 23.4 Å². The van der Waals surface area contributed by atoms with Crippen LogP contribution in [0.3, 0.4) is 0 Å². The Morgan fingerprint density at radius 2 is 2.40 bits per heavy atom. The maximum absolute atomic E-state index is 10.7. The summed E-state index contributed by atoms with van der Waals surface area (Å²) in [5.74, 6) is 1.70. The minimum absolute atomic E-state index is 0.0498. The third-order valence-electron chi connectivity index (χ3n) is 4.78. The van der Waals surface area contributed by atoms with Gasteiger partial charge in [-0.3, -0.25) is 0 Å². The molecule has 15 heavy (non-hydrogen) atoms. The second-order valence-corrected chi connectivity index (χ2v) is 5.33. The first-order chi connectivity index (χ1) is 7.09. The minimum atomic E-state index is -0.837. The average Bonchev–Trinajstić information content (AvgIpc) is 2.64. The van der Waals surface area contributed by atoms with Crippen molar-refractivity contribution in [3.63, 3.8) is 0 Å². The zero-order valence-electron chi connectivity index (χ0n) is 9.31. The smallest absolute Gasteiger partial charge is 0.116 e. The predicted molar refractivity (Wildman–Crippen MR) is 58.3 cm³/mol. The van der Waals surface area contributed by atoms with Crippen molar-refractivity contribution in [3.8, 4) is 0 Å². The van der Waals surface area contributed by atoms with Gasteiger partial charge >= 0.3 is 0 Å². The molecule has 1 saturated carbocycles. The molecule has 2 heteroatoms. The molecule has 1 saturated heterocycles. The van der Waals surface area contributed by atoms with Crippen LogP contribution in [0, 0.1) is 23.7 Å². The van der Waals surface area contributed by atoms with Crippen molar-refractivity contribution >= 4 is 0 Å². The van der Waals surface area contributed by atoms with Gasteiger partial charge in [0, 0.05) is 11.8 Å². The normalized spacial score (nSPS) is 56.7. The van der Waals surface area contributed by atoms with E-state index in [9.17, 15) is 5.11 Å². The zero-order chi connectivity index (χ0) is 10.8. The molecule has 0 aromatic carbocycles. The summed E-state index contributed by atoms with van der Waals surface area (Å²) < 4.78 is 5.80. The molecule has 6 atom stereocenters. The average molecular weight is 206 g/mol. The van der Waals surface area contributed by atoms with E-state index < -0.39 is 5.60 Å². The Kier molecular flexibility index (Phi) is 1.76. The summed E-state index contributed by atoms with van der Waals surface area (Å²) in [5, 5.41) is 10.7. The Balaban J connectivity index is 2.16. The number of hydrogen-bond donors (Lipinski definition) is 1. The molecule has 0 aromatic heterocycles. The van der Waals surface area contributed by atoms with Crippen LogP contribution in [0.25, 0.3) is 0 Å². The molecule has 3 aliphatic carbocycles. The highest BCUT2D eigenvalue weighted by atomic mass is 16.5. The first-order valence-corrected chi connectivity index (χ1v) is 5.75. The Hall–Kier alpha value is -0.600. The number of aliphatic hydroxyl groups is 1. The maximum atomic E-state index is 10.7. The molecule has 82 valence electrons. The third kappa shape index (κ3) is 0.925. The van der Waals surface area contributed by atoms with E-state index in [-0.39, 0.29) is 12.0 Å². The van der Waals surface area contributed by atoms with Crippen molar-refractivity contribution in [2.45, 2.75) is 25.6 Å². The Bertz CT molecular complexity index is 346. The molecule has 1 heterocycles. The summed E-state index contributed by atoms with van der Waals surface area (Å²) >= 11 is 0. The second kappa shape index (κ2) is 2.74. The fraction of sp³-hybridized carbons (Fsp3) is 0.692. The monoisotopic (exact) mass is 206 g/mol. The van der Waals surface area contributed by atoms with Crippen molar-refractivity contribution in [2.75, 3.05) is 6.61 Å². The fourth-order valence-corrected chi connectivity index (χ4v) is 3.93. The molecule has 1 aliphatic heterocycles. The molecule has 0 spiro atoms. The Morgan fingerprint density at radius 1 is 1.67 bits per heavy atom. The van der Waals surface area contributed by atoms with Crippen LogP contribution in [0.2, 0.25) is 0 Å². The molecule has 0 unspecified atom stereocenters. The topological polar surface area (TPSA) is 29.5 Å². The van der Waals surface area contributed by atoms with Crippen molar-refractivity contribution in [2.24, 2.45) is 23.7 Å². The van der Waals surface area contributed by atoms with Crippen LogP contribution in [0.15, 0.2) is 24.3 Å². The Labute approximate surface area is 90.6 Å². The van der Waals surface area contributed by atoms with Gasteiger partial charge in [0.2, 0.25) is 0 Å². The number of rotatable bonds is 1. The van der Waals surface area contributed by atoms with Crippen LogP contribution in [0.4, 0.5) is 0 Å². The molecule has 0 amide bonds. The molecule has 0 radical (unpaired) electrons. The molecule has 1 N–H and O–H groups in total. The molecule has 0 aromatic rings. The van der Waals surface area contributed by atoms with E-state index in [0.29, 0.717) is 17.8 Å². The van der Waals surface area contributed by atoms with Gasteiger partial charge in [-0.05, 0) is 18.8 Å². The highest BCUT2D eigenvalue weighted by molar-refractivity contribution is 5.32. The van der Waals surface area contributed by atoms with Crippen molar-refractivity contribution in [1.29, 1.82) is 0 Å². The van der Waals surface area contributed by atoms with E-state index in [4.69, 9.17) is 4.74 Å². The SMILES string of the molecule is C=C[C@]1(O)[C@@H]2C=C(C)[C@H]3[C@H](CO[C@H]31)[C@H]2C. The van der Waals surface area contributed by atoms with E-state index in [1.54, 1.807) is 6.08 Å². The van der Waals surface area contributed by atoms with E-state index >= 15 is 0 Å². The van der Waals surface area contributed by atoms with Crippen LogP contribution in [-0.2, 0) is 4.74 Å². The van der Waals surface area contributed by atoms with Gasteiger partial charge in [0.25, 0.3) is 0 Å². The number of hydrogen-bond acceptors (Lipinski definition) is 2.